The zero-order valence-corrected chi connectivity index (χ0v) is 14.9. The Balaban J connectivity index is 2.13. The molecule has 0 aliphatic carbocycles. The molecule has 2 rings (SSSR count). The number of rotatable bonds is 7. The molecule has 0 saturated heterocycles. The van der Waals surface area contributed by atoms with Gasteiger partial charge < -0.3 is 15.4 Å². The molecule has 1 aromatic heterocycles. The highest BCUT2D eigenvalue weighted by molar-refractivity contribution is 6.35. The van der Waals surface area contributed by atoms with Gasteiger partial charge in [0.15, 0.2) is 0 Å². The first-order chi connectivity index (χ1) is 11.5. The smallest absolute Gasteiger partial charge is 0.270 e. The summed E-state index contributed by atoms with van der Waals surface area (Å²) >= 11 is 12.1. The molecule has 0 aliphatic rings. The molecular formula is C16H18Cl2N4O2. The molecule has 0 spiro atoms. The van der Waals surface area contributed by atoms with Crippen LogP contribution in [0.15, 0.2) is 24.3 Å². The molecule has 2 N–H and O–H groups in total. The number of carbonyl (C=O) groups excluding carboxylic acids is 1. The number of carbonyl (C=O) groups is 1. The molecule has 6 nitrogen and oxygen atoms in total. The van der Waals surface area contributed by atoms with E-state index in [0.29, 0.717) is 34.6 Å². The summed E-state index contributed by atoms with van der Waals surface area (Å²) in [6.45, 7) is 2.88. The van der Waals surface area contributed by atoms with Crippen LogP contribution in [-0.2, 0) is 4.74 Å². The van der Waals surface area contributed by atoms with Crippen LogP contribution in [0.2, 0.25) is 10.0 Å². The van der Waals surface area contributed by atoms with Crippen molar-refractivity contribution in [2.75, 3.05) is 25.6 Å². The molecule has 0 bridgehead atoms. The summed E-state index contributed by atoms with van der Waals surface area (Å²) in [5, 5.41) is 6.79. The van der Waals surface area contributed by atoms with E-state index in [1.807, 2.05) is 0 Å². The summed E-state index contributed by atoms with van der Waals surface area (Å²) in [5.74, 6) is 0.0121. The van der Waals surface area contributed by atoms with E-state index in [1.54, 1.807) is 38.3 Å². The average Bonchev–Trinajstić information content (AvgIpc) is 2.54. The molecule has 8 heteroatoms. The monoisotopic (exact) mass is 368 g/mol. The quantitative estimate of drug-likeness (QED) is 0.730. The van der Waals surface area contributed by atoms with Gasteiger partial charge in [-0.05, 0) is 37.6 Å². The number of anilines is 2. The van der Waals surface area contributed by atoms with Crippen LogP contribution in [0.3, 0.4) is 0 Å². The fraction of sp³-hybridized carbons (Fsp3) is 0.312. The number of nitrogens with zero attached hydrogens (tertiary/aromatic N) is 2. The second-order valence-electron chi connectivity index (χ2n) is 5.07. The van der Waals surface area contributed by atoms with Crippen molar-refractivity contribution in [3.8, 4) is 0 Å². The predicted octanol–water partition coefficient (Wildman–Crippen LogP) is 3.60. The summed E-state index contributed by atoms with van der Waals surface area (Å²) in [5.41, 5.74) is 1.51. The third kappa shape index (κ3) is 5.33. The van der Waals surface area contributed by atoms with Crippen LogP contribution in [0.4, 0.5) is 11.6 Å². The van der Waals surface area contributed by atoms with Crippen molar-refractivity contribution in [2.24, 2.45) is 0 Å². The van der Waals surface area contributed by atoms with E-state index in [1.165, 1.54) is 0 Å². The lowest BCUT2D eigenvalue weighted by molar-refractivity contribution is 0.0943. The number of nitrogens with one attached hydrogen (secondary N) is 2. The van der Waals surface area contributed by atoms with E-state index >= 15 is 0 Å². The Kier molecular flexibility index (Phi) is 6.78. The minimum absolute atomic E-state index is 0.267. The van der Waals surface area contributed by atoms with Crippen LogP contribution in [0.5, 0.6) is 0 Å². The van der Waals surface area contributed by atoms with Crippen molar-refractivity contribution in [3.05, 3.63) is 45.7 Å². The molecule has 0 saturated carbocycles. The van der Waals surface area contributed by atoms with Crippen LogP contribution in [0.25, 0.3) is 0 Å². The Labute approximate surface area is 150 Å². The van der Waals surface area contributed by atoms with E-state index in [4.69, 9.17) is 27.9 Å². The van der Waals surface area contributed by atoms with Gasteiger partial charge in [0.05, 0.1) is 10.7 Å². The molecule has 0 radical (unpaired) electrons. The fourth-order valence-corrected chi connectivity index (χ4v) is 2.30. The highest BCUT2D eigenvalue weighted by atomic mass is 35.5. The van der Waals surface area contributed by atoms with Gasteiger partial charge in [-0.1, -0.05) is 23.2 Å². The second-order valence-corrected chi connectivity index (χ2v) is 5.91. The van der Waals surface area contributed by atoms with Gasteiger partial charge in [-0.2, -0.15) is 0 Å². The standard InChI is InChI=1S/C16H18Cl2N4O2/c1-10-8-14(15(23)19-6-3-7-24-2)22-16(20-10)21-13-9-11(17)4-5-12(13)18/h4-5,8-9H,3,6-7H2,1-2H3,(H,19,23)(H,20,21,22). The molecule has 0 unspecified atom stereocenters. The van der Waals surface area contributed by atoms with Gasteiger partial charge in [0.1, 0.15) is 5.69 Å². The number of aromatic nitrogens is 2. The van der Waals surface area contributed by atoms with Crippen LogP contribution in [-0.4, -0.2) is 36.1 Å². The lowest BCUT2D eigenvalue weighted by atomic mass is 10.3. The second kappa shape index (κ2) is 8.82. The summed E-state index contributed by atoms with van der Waals surface area (Å²) < 4.78 is 4.94. The number of hydrogen-bond donors (Lipinski definition) is 2. The predicted molar refractivity (Wildman–Crippen MR) is 95.3 cm³/mol. The van der Waals surface area contributed by atoms with Gasteiger partial charge in [-0.15, -0.1) is 0 Å². The summed E-state index contributed by atoms with van der Waals surface area (Å²) in [7, 11) is 1.62. The highest BCUT2D eigenvalue weighted by Crippen LogP contribution is 2.27. The Bertz CT molecular complexity index is 725. The molecule has 1 heterocycles. The lowest BCUT2D eigenvalue weighted by Gasteiger charge is -2.10. The SMILES string of the molecule is COCCCNC(=O)c1cc(C)nc(Nc2cc(Cl)ccc2Cl)n1. The first-order valence-electron chi connectivity index (χ1n) is 7.34. The zero-order chi connectivity index (χ0) is 17.5. The third-order valence-corrected chi connectivity index (χ3v) is 3.64. The Hall–Kier alpha value is -1.89. The van der Waals surface area contributed by atoms with Crippen molar-refractivity contribution >= 4 is 40.7 Å². The fourth-order valence-electron chi connectivity index (χ4n) is 1.96. The summed E-state index contributed by atoms with van der Waals surface area (Å²) in [4.78, 5) is 20.7. The lowest BCUT2D eigenvalue weighted by Crippen LogP contribution is -2.26. The normalized spacial score (nSPS) is 10.5. The van der Waals surface area contributed by atoms with Gasteiger partial charge >= 0.3 is 0 Å². The minimum atomic E-state index is -0.267. The Morgan fingerprint density at radius 2 is 2.04 bits per heavy atom. The molecule has 2 aromatic rings. The van der Waals surface area contributed by atoms with E-state index in [0.717, 1.165) is 6.42 Å². The molecule has 1 amide bonds. The van der Waals surface area contributed by atoms with E-state index in [9.17, 15) is 4.79 Å². The molecule has 0 atom stereocenters. The molecule has 0 fully saturated rings. The number of amides is 1. The van der Waals surface area contributed by atoms with Gasteiger partial charge in [0.2, 0.25) is 5.95 Å². The molecule has 128 valence electrons. The first kappa shape index (κ1) is 18.4. The highest BCUT2D eigenvalue weighted by Gasteiger charge is 2.11. The molecular weight excluding hydrogens is 351 g/mol. The van der Waals surface area contributed by atoms with E-state index in [2.05, 4.69) is 20.6 Å². The number of aryl methyl sites for hydroxylation is 1. The first-order valence-corrected chi connectivity index (χ1v) is 8.10. The summed E-state index contributed by atoms with van der Waals surface area (Å²) in [6, 6.07) is 6.65. The third-order valence-electron chi connectivity index (χ3n) is 3.07. The number of ether oxygens (including phenoxy) is 1. The number of hydrogen-bond acceptors (Lipinski definition) is 5. The maximum absolute atomic E-state index is 12.2. The van der Waals surface area contributed by atoms with Crippen molar-refractivity contribution in [2.45, 2.75) is 13.3 Å². The molecule has 24 heavy (non-hydrogen) atoms. The maximum atomic E-state index is 12.2. The van der Waals surface area contributed by atoms with Crippen molar-refractivity contribution in [1.82, 2.24) is 15.3 Å². The number of methoxy groups -OCH3 is 1. The van der Waals surface area contributed by atoms with Gasteiger partial charge in [-0.3, -0.25) is 4.79 Å². The number of halogens is 2. The van der Waals surface area contributed by atoms with E-state index in [-0.39, 0.29) is 17.5 Å². The van der Waals surface area contributed by atoms with E-state index < -0.39 is 0 Å². The Morgan fingerprint density at radius 1 is 1.25 bits per heavy atom. The largest absolute Gasteiger partial charge is 0.385 e. The summed E-state index contributed by atoms with van der Waals surface area (Å²) in [6.07, 6.45) is 0.732. The van der Waals surface area contributed by atoms with Crippen molar-refractivity contribution in [1.29, 1.82) is 0 Å². The maximum Gasteiger partial charge on any atom is 0.270 e. The Morgan fingerprint density at radius 3 is 2.79 bits per heavy atom. The average molecular weight is 369 g/mol. The topological polar surface area (TPSA) is 76.1 Å². The van der Waals surface area contributed by atoms with Crippen molar-refractivity contribution < 1.29 is 9.53 Å². The number of benzene rings is 1. The van der Waals surface area contributed by atoms with Crippen molar-refractivity contribution in [3.63, 3.8) is 0 Å². The minimum Gasteiger partial charge on any atom is -0.385 e. The van der Waals surface area contributed by atoms with Crippen LogP contribution >= 0.6 is 23.2 Å². The van der Waals surface area contributed by atoms with Crippen LogP contribution in [0.1, 0.15) is 22.6 Å². The van der Waals surface area contributed by atoms with Crippen LogP contribution in [0, 0.1) is 6.92 Å². The van der Waals surface area contributed by atoms with Gasteiger partial charge in [0.25, 0.3) is 5.91 Å². The molecule has 0 aliphatic heterocycles. The van der Waals surface area contributed by atoms with Gasteiger partial charge in [-0.25, -0.2) is 9.97 Å². The van der Waals surface area contributed by atoms with Crippen LogP contribution < -0.4 is 10.6 Å². The zero-order valence-electron chi connectivity index (χ0n) is 13.4. The molecule has 1 aromatic carbocycles. The van der Waals surface area contributed by atoms with Gasteiger partial charge in [0, 0.05) is 31.0 Å².